The van der Waals surface area contributed by atoms with Gasteiger partial charge in [0.05, 0.1) is 0 Å². The monoisotopic (exact) mass is 320 g/mol. The summed E-state index contributed by atoms with van der Waals surface area (Å²) in [5.41, 5.74) is 3.28. The summed E-state index contributed by atoms with van der Waals surface area (Å²) in [4.78, 5) is 4.39. The highest BCUT2D eigenvalue weighted by molar-refractivity contribution is 9.10. The molecule has 0 radical (unpaired) electrons. The highest BCUT2D eigenvalue weighted by Crippen LogP contribution is 2.15. The van der Waals surface area contributed by atoms with Crippen LogP contribution in [-0.4, -0.2) is 12.0 Å². The zero-order valence-electron chi connectivity index (χ0n) is 11.1. The quantitative estimate of drug-likeness (QED) is 0.916. The number of halogens is 1. The van der Waals surface area contributed by atoms with E-state index in [1.165, 1.54) is 5.56 Å². The van der Waals surface area contributed by atoms with Crippen LogP contribution in [0.15, 0.2) is 40.9 Å². The van der Waals surface area contributed by atoms with E-state index in [-0.39, 0.29) is 0 Å². The lowest BCUT2D eigenvalue weighted by Gasteiger charge is -2.09. The maximum atomic E-state index is 5.75. The van der Waals surface area contributed by atoms with Crippen molar-refractivity contribution < 1.29 is 4.74 Å². The van der Waals surface area contributed by atoms with Gasteiger partial charge < -0.3 is 10.1 Å². The molecule has 0 unspecified atom stereocenters. The largest absolute Gasteiger partial charge is 0.473 e. The van der Waals surface area contributed by atoms with Gasteiger partial charge in [0.1, 0.15) is 6.61 Å². The van der Waals surface area contributed by atoms with Crippen molar-refractivity contribution in [3.63, 3.8) is 0 Å². The Morgan fingerprint density at radius 1 is 1.16 bits per heavy atom. The van der Waals surface area contributed by atoms with Crippen molar-refractivity contribution in [1.29, 1.82) is 0 Å². The Hall–Kier alpha value is -1.39. The first-order valence-electron chi connectivity index (χ1n) is 6.17. The first-order chi connectivity index (χ1) is 9.17. The number of nitrogens with one attached hydrogen (secondary N) is 1. The number of hydrogen-bond donors (Lipinski definition) is 1. The Kier molecular flexibility index (Phi) is 4.93. The summed E-state index contributed by atoms with van der Waals surface area (Å²) in [6.45, 7) is 3.33. The lowest BCUT2D eigenvalue weighted by Crippen LogP contribution is -2.06. The summed E-state index contributed by atoms with van der Waals surface area (Å²) in [5.74, 6) is 0.674. The van der Waals surface area contributed by atoms with Crippen LogP contribution in [0.4, 0.5) is 0 Å². The highest BCUT2D eigenvalue weighted by atomic mass is 79.9. The molecular weight excluding hydrogens is 304 g/mol. The van der Waals surface area contributed by atoms with Crippen LogP contribution in [0, 0.1) is 6.92 Å². The Morgan fingerprint density at radius 3 is 2.58 bits per heavy atom. The Morgan fingerprint density at radius 2 is 1.89 bits per heavy atom. The summed E-state index contributed by atoms with van der Waals surface area (Å²) >= 11 is 3.42. The third-order valence-electron chi connectivity index (χ3n) is 2.67. The Bertz CT molecular complexity index is 540. The van der Waals surface area contributed by atoms with Crippen LogP contribution in [0.2, 0.25) is 0 Å². The predicted octanol–water partition coefficient (Wildman–Crippen LogP) is 3.45. The molecule has 4 heteroatoms. The lowest BCUT2D eigenvalue weighted by atomic mass is 10.2. The smallest absolute Gasteiger partial charge is 0.214 e. The fraction of sp³-hybridized carbons (Fsp3) is 0.267. The van der Waals surface area contributed by atoms with Crippen molar-refractivity contribution in [2.24, 2.45) is 0 Å². The molecule has 0 saturated heterocycles. The molecule has 1 N–H and O–H groups in total. The molecule has 1 aromatic carbocycles. The maximum absolute atomic E-state index is 5.75. The number of aryl methyl sites for hydroxylation is 1. The Labute approximate surface area is 122 Å². The van der Waals surface area contributed by atoms with Crippen molar-refractivity contribution >= 4 is 15.9 Å². The van der Waals surface area contributed by atoms with E-state index in [0.29, 0.717) is 12.5 Å². The van der Waals surface area contributed by atoms with E-state index in [1.54, 1.807) is 0 Å². The van der Waals surface area contributed by atoms with Crippen LogP contribution in [0.5, 0.6) is 5.88 Å². The van der Waals surface area contributed by atoms with Gasteiger partial charge in [0.25, 0.3) is 0 Å². The van der Waals surface area contributed by atoms with E-state index in [4.69, 9.17) is 4.74 Å². The van der Waals surface area contributed by atoms with Gasteiger partial charge in [-0.15, -0.1) is 0 Å². The van der Waals surface area contributed by atoms with Crippen molar-refractivity contribution in [3.05, 3.63) is 57.7 Å². The van der Waals surface area contributed by atoms with E-state index < -0.39 is 0 Å². The average Bonchev–Trinajstić information content (AvgIpc) is 2.38. The number of ether oxygens (including phenoxy) is 1. The van der Waals surface area contributed by atoms with Gasteiger partial charge in [0, 0.05) is 22.8 Å². The van der Waals surface area contributed by atoms with Crippen molar-refractivity contribution in [2.75, 3.05) is 7.05 Å². The minimum atomic E-state index is 0.530. The van der Waals surface area contributed by atoms with Crippen LogP contribution in [-0.2, 0) is 13.2 Å². The molecule has 2 aromatic rings. The van der Waals surface area contributed by atoms with Gasteiger partial charge >= 0.3 is 0 Å². The standard InChI is InChI=1S/C15H17BrN2O/c1-11-7-13(9-17-2)8-15(18-11)19-10-12-3-5-14(16)6-4-12/h3-8,17H,9-10H2,1-2H3. The number of nitrogens with zero attached hydrogens (tertiary/aromatic N) is 1. The van der Waals surface area contributed by atoms with Gasteiger partial charge in [-0.3, -0.25) is 0 Å². The van der Waals surface area contributed by atoms with Gasteiger partial charge in [-0.2, -0.15) is 0 Å². The summed E-state index contributed by atoms with van der Waals surface area (Å²) in [5, 5.41) is 3.13. The van der Waals surface area contributed by atoms with E-state index in [9.17, 15) is 0 Å². The maximum Gasteiger partial charge on any atom is 0.214 e. The second kappa shape index (κ2) is 6.68. The van der Waals surface area contributed by atoms with E-state index in [2.05, 4.69) is 32.3 Å². The Balaban J connectivity index is 2.04. The average molecular weight is 321 g/mol. The minimum absolute atomic E-state index is 0.530. The number of benzene rings is 1. The molecule has 0 aliphatic rings. The van der Waals surface area contributed by atoms with Gasteiger partial charge in [-0.05, 0) is 43.3 Å². The molecule has 1 heterocycles. The minimum Gasteiger partial charge on any atom is -0.473 e. The normalized spacial score (nSPS) is 10.5. The zero-order valence-corrected chi connectivity index (χ0v) is 12.7. The fourth-order valence-electron chi connectivity index (χ4n) is 1.82. The molecular formula is C15H17BrN2O. The molecule has 0 atom stereocenters. The summed E-state index contributed by atoms with van der Waals surface area (Å²) < 4.78 is 6.82. The van der Waals surface area contributed by atoms with Gasteiger partial charge in [-0.1, -0.05) is 28.1 Å². The van der Waals surface area contributed by atoms with Gasteiger partial charge in [-0.25, -0.2) is 4.98 Å². The molecule has 0 saturated carbocycles. The van der Waals surface area contributed by atoms with E-state index in [0.717, 1.165) is 22.3 Å². The number of rotatable bonds is 5. The number of hydrogen-bond acceptors (Lipinski definition) is 3. The molecule has 1 aromatic heterocycles. The van der Waals surface area contributed by atoms with Crippen molar-refractivity contribution in [3.8, 4) is 5.88 Å². The van der Waals surface area contributed by atoms with Crippen LogP contribution >= 0.6 is 15.9 Å². The summed E-state index contributed by atoms with van der Waals surface area (Å²) in [6.07, 6.45) is 0. The van der Waals surface area contributed by atoms with Crippen molar-refractivity contribution in [1.82, 2.24) is 10.3 Å². The van der Waals surface area contributed by atoms with E-state index >= 15 is 0 Å². The first kappa shape index (κ1) is 14.0. The van der Waals surface area contributed by atoms with Crippen LogP contribution in [0.1, 0.15) is 16.8 Å². The van der Waals surface area contributed by atoms with Crippen LogP contribution in [0.3, 0.4) is 0 Å². The molecule has 0 fully saturated rings. The molecule has 2 rings (SSSR count). The molecule has 0 aliphatic heterocycles. The molecule has 0 spiro atoms. The highest BCUT2D eigenvalue weighted by Gasteiger charge is 2.02. The van der Waals surface area contributed by atoms with Gasteiger partial charge in [0.2, 0.25) is 5.88 Å². The first-order valence-corrected chi connectivity index (χ1v) is 6.96. The van der Waals surface area contributed by atoms with E-state index in [1.807, 2.05) is 44.3 Å². The third-order valence-corrected chi connectivity index (χ3v) is 3.20. The fourth-order valence-corrected chi connectivity index (χ4v) is 2.09. The number of pyridine rings is 1. The molecule has 0 bridgehead atoms. The van der Waals surface area contributed by atoms with Crippen LogP contribution in [0.25, 0.3) is 0 Å². The van der Waals surface area contributed by atoms with Crippen molar-refractivity contribution in [2.45, 2.75) is 20.1 Å². The lowest BCUT2D eigenvalue weighted by molar-refractivity contribution is 0.293. The van der Waals surface area contributed by atoms with Crippen LogP contribution < -0.4 is 10.1 Å². The topological polar surface area (TPSA) is 34.2 Å². The molecule has 3 nitrogen and oxygen atoms in total. The summed E-state index contributed by atoms with van der Waals surface area (Å²) in [6, 6.07) is 12.1. The number of aromatic nitrogens is 1. The second-order valence-electron chi connectivity index (χ2n) is 4.40. The molecule has 100 valence electrons. The molecule has 19 heavy (non-hydrogen) atoms. The third kappa shape index (κ3) is 4.33. The molecule has 0 aliphatic carbocycles. The zero-order chi connectivity index (χ0) is 13.7. The second-order valence-corrected chi connectivity index (χ2v) is 5.32. The van der Waals surface area contributed by atoms with Gasteiger partial charge in [0.15, 0.2) is 0 Å². The predicted molar refractivity (Wildman–Crippen MR) is 80.2 cm³/mol. The summed E-state index contributed by atoms with van der Waals surface area (Å²) in [7, 11) is 1.93. The SMILES string of the molecule is CNCc1cc(C)nc(OCc2ccc(Br)cc2)c1. The molecule has 0 amide bonds.